The van der Waals surface area contributed by atoms with E-state index < -0.39 is 9.84 Å². The van der Waals surface area contributed by atoms with E-state index in [1.807, 2.05) is 27.7 Å². The van der Waals surface area contributed by atoms with Crippen molar-refractivity contribution in [3.63, 3.8) is 0 Å². The van der Waals surface area contributed by atoms with Gasteiger partial charge in [0.25, 0.3) is 0 Å². The zero-order valence-corrected chi connectivity index (χ0v) is 25.8. The van der Waals surface area contributed by atoms with Gasteiger partial charge in [-0.1, -0.05) is 62.0 Å². The molecule has 0 aliphatic rings. The van der Waals surface area contributed by atoms with Crippen LogP contribution in [0.25, 0.3) is 0 Å². The SMILES string of the molecule is C=CC(=O)C(C)C.CC(=O)C(C)C.CC(C)CCN(C)C.CC(C)CCO.CC(C)S(C)(=O)=O. The number of aliphatic hydroxyl groups excluding tert-OH is 1. The molecule has 0 bridgehead atoms. The highest BCUT2D eigenvalue weighted by atomic mass is 32.2. The van der Waals surface area contributed by atoms with Gasteiger partial charge in [-0.3, -0.25) is 9.59 Å². The second kappa shape index (κ2) is 26.6. The van der Waals surface area contributed by atoms with Crippen molar-refractivity contribution in [3.8, 4) is 0 Å². The van der Waals surface area contributed by atoms with Crippen LogP contribution < -0.4 is 0 Å². The van der Waals surface area contributed by atoms with E-state index in [0.29, 0.717) is 12.5 Å². The highest BCUT2D eigenvalue weighted by Crippen LogP contribution is 1.98. The van der Waals surface area contributed by atoms with E-state index in [2.05, 4.69) is 53.3 Å². The third kappa shape index (κ3) is 52.7. The maximum absolute atomic E-state index is 10.4. The van der Waals surface area contributed by atoms with E-state index in [9.17, 15) is 18.0 Å². The number of sulfone groups is 1. The number of nitrogens with zero attached hydrogens (tertiary/aromatic N) is 1. The largest absolute Gasteiger partial charge is 0.396 e. The third-order valence-corrected chi connectivity index (χ3v) is 6.01. The van der Waals surface area contributed by atoms with Gasteiger partial charge in [0.05, 0.1) is 5.25 Å². The lowest BCUT2D eigenvalue weighted by molar-refractivity contribution is -0.119. The van der Waals surface area contributed by atoms with Crippen molar-refractivity contribution >= 4 is 21.4 Å². The summed E-state index contributed by atoms with van der Waals surface area (Å²) >= 11 is 0. The van der Waals surface area contributed by atoms with Crippen LogP contribution in [0, 0.1) is 23.7 Å². The summed E-state index contributed by atoms with van der Waals surface area (Å²) < 4.78 is 20.7. The molecule has 0 aliphatic heterocycles. The Bertz CT molecular complexity index is 570. The van der Waals surface area contributed by atoms with Gasteiger partial charge in [-0.25, -0.2) is 8.42 Å². The van der Waals surface area contributed by atoms with Gasteiger partial charge >= 0.3 is 0 Å². The number of hydrogen-bond acceptors (Lipinski definition) is 6. The third-order valence-electron chi connectivity index (χ3n) is 4.30. The van der Waals surface area contributed by atoms with Crippen LogP contribution in [0.15, 0.2) is 12.7 Å². The van der Waals surface area contributed by atoms with Crippen molar-refractivity contribution in [2.45, 2.75) is 94.3 Å². The van der Waals surface area contributed by atoms with E-state index in [-0.39, 0.29) is 28.7 Å². The Hall–Kier alpha value is -1.05. The van der Waals surface area contributed by atoms with E-state index in [1.165, 1.54) is 25.3 Å². The maximum atomic E-state index is 10.4. The minimum atomic E-state index is -2.74. The molecule has 0 radical (unpaired) electrons. The summed E-state index contributed by atoms with van der Waals surface area (Å²) in [6.45, 7) is 26.0. The Morgan fingerprint density at radius 2 is 1.18 bits per heavy atom. The predicted octanol–water partition coefficient (Wildman–Crippen LogP) is 5.69. The lowest BCUT2D eigenvalue weighted by Gasteiger charge is -2.10. The minimum absolute atomic E-state index is 0.109. The average Bonchev–Trinajstić information content (AvgIpc) is 2.66. The number of Topliss-reactive ketones (excluding diaryl/α,β-unsaturated/α-hetero) is 1. The van der Waals surface area contributed by atoms with Gasteiger partial charge in [-0.15, -0.1) is 0 Å². The molecule has 0 saturated carbocycles. The molecule has 34 heavy (non-hydrogen) atoms. The van der Waals surface area contributed by atoms with Gasteiger partial charge in [-0.2, -0.15) is 0 Å². The van der Waals surface area contributed by atoms with E-state index >= 15 is 0 Å². The van der Waals surface area contributed by atoms with Gasteiger partial charge < -0.3 is 10.0 Å². The smallest absolute Gasteiger partial charge is 0.157 e. The molecule has 0 saturated heterocycles. The molecule has 0 aliphatic carbocycles. The molecule has 7 heteroatoms. The van der Waals surface area contributed by atoms with Crippen LogP contribution in [0.1, 0.15) is 89.0 Å². The average molecular weight is 510 g/mol. The fourth-order valence-corrected chi connectivity index (χ4v) is 1.01. The highest BCUT2D eigenvalue weighted by Gasteiger charge is 2.05. The Morgan fingerprint density at radius 3 is 1.21 bits per heavy atom. The van der Waals surface area contributed by atoms with Crippen molar-refractivity contribution < 1.29 is 23.1 Å². The van der Waals surface area contributed by atoms with Gasteiger partial charge in [0, 0.05) is 24.7 Å². The summed E-state index contributed by atoms with van der Waals surface area (Å²) in [6.07, 6.45) is 4.83. The van der Waals surface area contributed by atoms with E-state index in [1.54, 1.807) is 20.8 Å². The molecule has 0 rings (SSSR count). The molecular weight excluding hydrogens is 450 g/mol. The second-order valence-corrected chi connectivity index (χ2v) is 12.9. The Balaban J connectivity index is -0.000000104. The first-order valence-electron chi connectivity index (χ1n) is 12.3. The summed E-state index contributed by atoms with van der Waals surface area (Å²) in [7, 11) is 1.49. The summed E-state index contributed by atoms with van der Waals surface area (Å²) in [4.78, 5) is 22.8. The maximum Gasteiger partial charge on any atom is 0.157 e. The van der Waals surface area contributed by atoms with Gasteiger partial charge in [0.2, 0.25) is 0 Å². The van der Waals surface area contributed by atoms with Crippen molar-refractivity contribution in [1.29, 1.82) is 0 Å². The molecule has 0 aromatic heterocycles. The molecule has 208 valence electrons. The van der Waals surface area contributed by atoms with E-state index in [4.69, 9.17) is 5.11 Å². The second-order valence-electron chi connectivity index (χ2n) is 10.3. The lowest BCUT2D eigenvalue weighted by Crippen LogP contribution is -2.14. The number of hydrogen-bond donors (Lipinski definition) is 1. The van der Waals surface area contributed by atoms with Crippen LogP contribution >= 0.6 is 0 Å². The van der Waals surface area contributed by atoms with Gasteiger partial charge in [0.1, 0.15) is 15.6 Å². The molecule has 0 unspecified atom stereocenters. The summed E-state index contributed by atoms with van der Waals surface area (Å²) in [5.74, 6) is 2.19. The van der Waals surface area contributed by atoms with Crippen molar-refractivity contribution in [1.82, 2.24) is 4.90 Å². The summed E-state index contributed by atoms with van der Waals surface area (Å²) in [5.41, 5.74) is 0. The van der Waals surface area contributed by atoms with Crippen molar-refractivity contribution in [2.75, 3.05) is 33.5 Å². The topological polar surface area (TPSA) is 91.8 Å². The molecule has 0 spiro atoms. The minimum Gasteiger partial charge on any atom is -0.396 e. The molecule has 0 atom stereocenters. The number of aliphatic hydroxyl groups is 1. The number of carbonyl (C=O) groups is 2. The van der Waals surface area contributed by atoms with Crippen LogP contribution in [0.5, 0.6) is 0 Å². The van der Waals surface area contributed by atoms with Gasteiger partial charge in [-0.05, 0) is 72.2 Å². The zero-order chi connectivity index (χ0) is 28.7. The first-order valence-corrected chi connectivity index (χ1v) is 14.2. The first-order chi connectivity index (χ1) is 15.2. The Morgan fingerprint density at radius 1 is 0.853 bits per heavy atom. The Labute approximate surface area is 213 Å². The van der Waals surface area contributed by atoms with Crippen LogP contribution in [0.4, 0.5) is 0 Å². The number of rotatable bonds is 9. The van der Waals surface area contributed by atoms with Crippen LogP contribution in [-0.4, -0.2) is 68.7 Å². The molecule has 0 aromatic carbocycles. The van der Waals surface area contributed by atoms with Crippen molar-refractivity contribution in [2.24, 2.45) is 23.7 Å². The summed E-state index contributed by atoms with van der Waals surface area (Å²) in [5, 5.41) is 8.01. The standard InChI is InChI=1S/C7H17N.C6H10O.C5H12O.C5H10O.C4H10O2S/c1-7(2)5-6-8(3)4;1-4-6(7)5(2)3;1-5(2)3-4-6;1-4(2)5(3)6;1-4(2)7(3,5)6/h7H,5-6H2,1-4H3;4-5H,1H2,2-3H3;5-6H,3-4H2,1-2H3;4H,1-3H3;4H,1-3H3. The van der Waals surface area contributed by atoms with Crippen LogP contribution in [-0.2, 0) is 19.4 Å². The molecular formula is C27H59NO5S. The molecule has 0 aromatic rings. The van der Waals surface area contributed by atoms with Gasteiger partial charge in [0.15, 0.2) is 5.78 Å². The van der Waals surface area contributed by atoms with Crippen LogP contribution in [0.2, 0.25) is 0 Å². The van der Waals surface area contributed by atoms with Crippen molar-refractivity contribution in [3.05, 3.63) is 12.7 Å². The number of allylic oxidation sites excluding steroid dienone is 1. The summed E-state index contributed by atoms with van der Waals surface area (Å²) in [6, 6.07) is 0. The van der Waals surface area contributed by atoms with Crippen LogP contribution in [0.3, 0.4) is 0 Å². The normalized spacial score (nSPS) is 10.5. The predicted molar refractivity (Wildman–Crippen MR) is 150 cm³/mol. The lowest BCUT2D eigenvalue weighted by atomic mass is 10.1. The fourth-order valence-electron chi connectivity index (χ4n) is 1.01. The molecule has 0 heterocycles. The highest BCUT2D eigenvalue weighted by molar-refractivity contribution is 7.91. The molecule has 1 N–H and O–H groups in total. The monoisotopic (exact) mass is 509 g/mol. The molecule has 0 fully saturated rings. The first kappa shape index (κ1) is 43.1. The quantitative estimate of drug-likeness (QED) is 0.402. The molecule has 6 nitrogen and oxygen atoms in total. The van der Waals surface area contributed by atoms with E-state index in [0.717, 1.165) is 12.3 Å². The Kier molecular flexibility index (Phi) is 33.6. The molecule has 0 amide bonds. The number of ketones is 2. The zero-order valence-electron chi connectivity index (χ0n) is 24.9. The number of carbonyl (C=O) groups excluding carboxylic acids is 2. The fraction of sp³-hybridized carbons (Fsp3) is 0.852.